The van der Waals surface area contributed by atoms with E-state index in [0.29, 0.717) is 11.4 Å². The first-order chi connectivity index (χ1) is 16.3. The third-order valence-electron chi connectivity index (χ3n) is 5.72. The van der Waals surface area contributed by atoms with Gasteiger partial charge in [-0.15, -0.1) is 0 Å². The van der Waals surface area contributed by atoms with E-state index in [-0.39, 0.29) is 12.1 Å². The fourth-order valence-corrected chi connectivity index (χ4v) is 4.88. The molecule has 0 amide bonds. The highest BCUT2D eigenvalue weighted by Crippen LogP contribution is 2.32. The average molecular weight is 486 g/mol. The van der Waals surface area contributed by atoms with Crippen molar-refractivity contribution < 1.29 is 17.6 Å². The normalized spacial score (nSPS) is 15.6. The molecule has 0 unspecified atom stereocenters. The molecule has 1 aliphatic heterocycles. The van der Waals surface area contributed by atoms with Crippen molar-refractivity contribution in [3.63, 3.8) is 0 Å². The highest BCUT2D eigenvalue weighted by molar-refractivity contribution is 7.97. The van der Waals surface area contributed by atoms with Crippen LogP contribution in [0.3, 0.4) is 0 Å². The van der Waals surface area contributed by atoms with Gasteiger partial charge in [-0.25, -0.2) is 9.29 Å². The minimum Gasteiger partial charge on any atom is -0.424 e. The molecule has 4 aromatic rings. The second-order valence-corrected chi connectivity index (χ2v) is 9.30. The minimum absolute atomic E-state index is 0.161. The van der Waals surface area contributed by atoms with Crippen molar-refractivity contribution in [1.29, 1.82) is 0 Å². The molecule has 2 aromatic carbocycles. The summed E-state index contributed by atoms with van der Waals surface area (Å²) in [7, 11) is 0. The van der Waals surface area contributed by atoms with Gasteiger partial charge in [0.25, 0.3) is 6.01 Å². The number of alkyl halides is 3. The van der Waals surface area contributed by atoms with E-state index in [9.17, 15) is 13.2 Å². The van der Waals surface area contributed by atoms with Crippen molar-refractivity contribution >= 4 is 34.9 Å². The molecule has 0 saturated carbocycles. The number of hydrogen-bond donors (Lipinski definition) is 2. The number of benzene rings is 2. The van der Waals surface area contributed by atoms with E-state index >= 15 is 0 Å². The van der Waals surface area contributed by atoms with Gasteiger partial charge in [0.1, 0.15) is 11.3 Å². The van der Waals surface area contributed by atoms with Gasteiger partial charge in [0.05, 0.1) is 5.56 Å². The van der Waals surface area contributed by atoms with E-state index in [1.807, 2.05) is 18.2 Å². The molecule has 2 aromatic heterocycles. The Balaban J connectivity index is 1.14. The van der Waals surface area contributed by atoms with Crippen LogP contribution in [-0.2, 0) is 6.18 Å². The van der Waals surface area contributed by atoms with Crippen molar-refractivity contribution in [3.05, 3.63) is 66.4 Å². The van der Waals surface area contributed by atoms with Crippen LogP contribution >= 0.6 is 11.9 Å². The van der Waals surface area contributed by atoms with Gasteiger partial charge in [-0.2, -0.15) is 18.2 Å². The van der Waals surface area contributed by atoms with E-state index in [2.05, 4.69) is 43.9 Å². The van der Waals surface area contributed by atoms with Crippen molar-refractivity contribution in [1.82, 2.24) is 14.3 Å². The molecular weight excluding hydrogens is 463 g/mol. The molecule has 3 heterocycles. The van der Waals surface area contributed by atoms with Gasteiger partial charge in [-0.3, -0.25) is 0 Å². The largest absolute Gasteiger partial charge is 0.424 e. The first-order valence-electron chi connectivity index (χ1n) is 10.8. The lowest BCUT2D eigenvalue weighted by Gasteiger charge is -2.31. The summed E-state index contributed by atoms with van der Waals surface area (Å²) in [5, 5.41) is 3.25. The van der Waals surface area contributed by atoms with Crippen LogP contribution in [0.1, 0.15) is 18.4 Å². The quantitative estimate of drug-likeness (QED) is 0.332. The number of nitrogens with two attached hydrogens (primary N) is 1. The predicted octanol–water partition coefficient (Wildman–Crippen LogP) is 6.07. The monoisotopic (exact) mass is 485 g/mol. The second kappa shape index (κ2) is 9.19. The van der Waals surface area contributed by atoms with Crippen molar-refractivity contribution in [2.75, 3.05) is 24.1 Å². The van der Waals surface area contributed by atoms with Crippen LogP contribution < -0.4 is 11.1 Å². The van der Waals surface area contributed by atoms with Gasteiger partial charge in [0, 0.05) is 30.2 Å². The lowest BCUT2D eigenvalue weighted by Crippen LogP contribution is -2.35. The fraction of sp³-hybridized carbons (Fsp3) is 0.250. The van der Waals surface area contributed by atoms with Gasteiger partial charge in [0.15, 0.2) is 5.58 Å². The van der Waals surface area contributed by atoms with Crippen LogP contribution in [0, 0.1) is 0 Å². The van der Waals surface area contributed by atoms with E-state index in [0.717, 1.165) is 59.7 Å². The maximum absolute atomic E-state index is 12.7. The lowest BCUT2D eigenvalue weighted by atomic mass is 10.1. The number of aromatic nitrogens is 2. The molecular formula is C24H22F3N5OS. The van der Waals surface area contributed by atoms with E-state index in [4.69, 9.17) is 10.2 Å². The number of nitrogens with zero attached hydrogens (tertiary/aromatic N) is 3. The molecule has 0 atom stereocenters. The summed E-state index contributed by atoms with van der Waals surface area (Å²) in [6.07, 6.45) is -1.73. The number of hydrogen-bond acceptors (Lipinski definition) is 7. The van der Waals surface area contributed by atoms with Crippen molar-refractivity contribution in [2.45, 2.75) is 30.0 Å². The Kier molecular flexibility index (Phi) is 6.09. The highest BCUT2D eigenvalue weighted by atomic mass is 32.2. The number of pyridine rings is 1. The molecule has 5 rings (SSSR count). The zero-order chi connectivity index (χ0) is 23.7. The lowest BCUT2D eigenvalue weighted by molar-refractivity contribution is -0.137. The van der Waals surface area contributed by atoms with Crippen LogP contribution in [0.25, 0.3) is 22.2 Å². The Morgan fingerprint density at radius 2 is 1.74 bits per heavy atom. The van der Waals surface area contributed by atoms with Gasteiger partial charge in [0.2, 0.25) is 0 Å². The number of fused-ring (bicyclic) bond motifs is 1. The summed E-state index contributed by atoms with van der Waals surface area (Å²) in [5.74, 6) is 0.473. The average Bonchev–Trinajstić information content (AvgIpc) is 3.20. The smallest absolute Gasteiger partial charge is 0.417 e. The molecule has 1 fully saturated rings. The Morgan fingerprint density at radius 1 is 1.00 bits per heavy atom. The summed E-state index contributed by atoms with van der Waals surface area (Å²) in [4.78, 5) is 9.18. The maximum atomic E-state index is 12.7. The Morgan fingerprint density at radius 3 is 2.41 bits per heavy atom. The number of halogens is 3. The zero-order valence-electron chi connectivity index (χ0n) is 18.0. The zero-order valence-corrected chi connectivity index (χ0v) is 18.9. The number of rotatable bonds is 5. The van der Waals surface area contributed by atoms with Crippen molar-refractivity contribution in [3.8, 4) is 11.1 Å². The summed E-state index contributed by atoms with van der Waals surface area (Å²) >= 11 is 1.71. The standard InChI is InChI=1S/C24H22F3N5OS/c25-24(26,27)17-4-8-22(29-14-17)30-18-9-11-32(12-10-18)34-19-5-1-15(2-6-19)16-3-7-20-21(13-16)33-23(28)31-20/h1-8,13-14,18H,9-12H2,(H2,28,31)(H,29,30). The molecule has 1 aliphatic rings. The highest BCUT2D eigenvalue weighted by Gasteiger charge is 2.30. The fourth-order valence-electron chi connectivity index (χ4n) is 3.93. The summed E-state index contributed by atoms with van der Waals surface area (Å²) in [6.45, 7) is 1.74. The molecule has 34 heavy (non-hydrogen) atoms. The number of nitrogen functional groups attached to an aromatic ring is 1. The number of oxazole rings is 1. The molecule has 0 bridgehead atoms. The summed E-state index contributed by atoms with van der Waals surface area (Å²) in [6, 6.07) is 17.0. The van der Waals surface area contributed by atoms with E-state index in [1.165, 1.54) is 6.07 Å². The first kappa shape index (κ1) is 22.5. The maximum Gasteiger partial charge on any atom is 0.417 e. The third-order valence-corrected chi connectivity index (χ3v) is 6.83. The second-order valence-electron chi connectivity index (χ2n) is 8.13. The Labute approximate surface area is 198 Å². The molecule has 3 N–H and O–H groups in total. The van der Waals surface area contributed by atoms with Crippen molar-refractivity contribution in [2.24, 2.45) is 0 Å². The third kappa shape index (κ3) is 5.13. The predicted molar refractivity (Wildman–Crippen MR) is 127 cm³/mol. The van der Waals surface area contributed by atoms with Gasteiger partial charge in [-0.1, -0.05) is 18.2 Å². The number of piperidine rings is 1. The molecule has 0 radical (unpaired) electrons. The minimum atomic E-state index is -4.37. The van der Waals surface area contributed by atoms with Crippen LogP contribution in [0.15, 0.2) is 70.1 Å². The van der Waals surface area contributed by atoms with Crippen LogP contribution in [0.2, 0.25) is 0 Å². The van der Waals surface area contributed by atoms with Gasteiger partial charge in [-0.05, 0) is 72.3 Å². The number of nitrogens with one attached hydrogen (secondary N) is 1. The van der Waals surface area contributed by atoms with Crippen LogP contribution in [0.5, 0.6) is 0 Å². The topological polar surface area (TPSA) is 80.2 Å². The first-order valence-corrected chi connectivity index (χ1v) is 11.6. The van der Waals surface area contributed by atoms with E-state index < -0.39 is 11.7 Å². The Bertz CT molecular complexity index is 1270. The summed E-state index contributed by atoms with van der Waals surface area (Å²) < 4.78 is 45.8. The molecule has 10 heteroatoms. The van der Waals surface area contributed by atoms with Gasteiger partial charge >= 0.3 is 6.18 Å². The molecule has 0 spiro atoms. The van der Waals surface area contributed by atoms with E-state index in [1.54, 1.807) is 11.9 Å². The summed E-state index contributed by atoms with van der Waals surface area (Å²) in [5.41, 5.74) is 8.40. The number of anilines is 2. The Hall–Kier alpha value is -3.24. The SMILES string of the molecule is Nc1nc2ccc(-c3ccc(SN4CCC(Nc5ccc(C(F)(F)F)cn5)CC4)cc3)cc2o1. The molecule has 176 valence electrons. The molecule has 6 nitrogen and oxygen atoms in total. The van der Waals surface area contributed by atoms with Crippen LogP contribution in [0.4, 0.5) is 25.0 Å². The molecule has 1 saturated heterocycles. The van der Waals surface area contributed by atoms with Gasteiger partial charge < -0.3 is 15.5 Å². The molecule has 0 aliphatic carbocycles. The van der Waals surface area contributed by atoms with Crippen LogP contribution in [-0.4, -0.2) is 33.4 Å².